The number of carbonyl (C=O) groups excluding carboxylic acids is 1. The van der Waals surface area contributed by atoms with Crippen LogP contribution in [0.2, 0.25) is 0 Å². The average molecular weight is 534 g/mol. The molecule has 1 amide bonds. The molecule has 6 radical (unpaired) electrons. The first-order chi connectivity index (χ1) is 18.9. The van der Waals surface area contributed by atoms with Gasteiger partial charge in [-0.15, -0.1) is 0 Å². The smallest absolute Gasteiger partial charge is 0.265 e. The van der Waals surface area contributed by atoms with Crippen LogP contribution >= 0.6 is 0 Å². The number of hydrogen-bond donors (Lipinski definition) is 0. The van der Waals surface area contributed by atoms with Gasteiger partial charge < -0.3 is 9.80 Å². The molecule has 1 saturated carbocycles. The molecule has 3 heterocycles. The van der Waals surface area contributed by atoms with Crippen LogP contribution in [0.3, 0.4) is 0 Å². The summed E-state index contributed by atoms with van der Waals surface area (Å²) in [5.74, 6) is 0.0988. The minimum absolute atomic E-state index is 0.0824. The van der Waals surface area contributed by atoms with Crippen LogP contribution in [-0.4, -0.2) is 86.2 Å². The SMILES string of the molecule is [B]C([B])([B])n1nc(-c2ccc(C3CC3)c3c(N4CCN(C(=O)C(C)(C#N)C(F)F)C(C)C4)ncnc23)cc1C#N. The third-order valence-electron chi connectivity index (χ3n) is 7.59. The second kappa shape index (κ2) is 9.92. The zero-order valence-corrected chi connectivity index (χ0v) is 22.1. The second-order valence-electron chi connectivity index (χ2n) is 10.6. The lowest BCUT2D eigenvalue weighted by molar-refractivity contribution is -0.147. The van der Waals surface area contributed by atoms with E-state index in [1.54, 1.807) is 6.92 Å². The van der Waals surface area contributed by atoms with Crippen molar-refractivity contribution in [3.8, 4) is 23.4 Å². The fourth-order valence-corrected chi connectivity index (χ4v) is 5.19. The molecule has 14 heteroatoms. The van der Waals surface area contributed by atoms with E-state index in [9.17, 15) is 24.1 Å². The van der Waals surface area contributed by atoms with E-state index in [1.807, 2.05) is 23.1 Å². The monoisotopic (exact) mass is 534 g/mol. The number of benzene rings is 1. The summed E-state index contributed by atoms with van der Waals surface area (Å²) in [7, 11) is 17.4. The Kier molecular flexibility index (Phi) is 6.85. The fraction of sp³-hybridized carbons (Fsp3) is 0.462. The summed E-state index contributed by atoms with van der Waals surface area (Å²) < 4.78 is 28.3. The van der Waals surface area contributed by atoms with Crippen LogP contribution in [0, 0.1) is 28.1 Å². The number of amides is 1. The molecule has 2 fully saturated rings. The Labute approximate surface area is 234 Å². The van der Waals surface area contributed by atoms with Crippen molar-refractivity contribution in [3.05, 3.63) is 35.8 Å². The Bertz CT molecular complexity index is 1570. The Hall–Kier alpha value is -3.93. The van der Waals surface area contributed by atoms with Crippen molar-refractivity contribution in [2.45, 2.75) is 50.3 Å². The quantitative estimate of drug-likeness (QED) is 0.446. The Morgan fingerprint density at radius 1 is 1.18 bits per heavy atom. The van der Waals surface area contributed by atoms with Gasteiger partial charge in [-0.25, -0.2) is 18.7 Å². The maximum atomic E-state index is 13.6. The number of carbonyl (C=O) groups is 1. The molecule has 2 aliphatic rings. The van der Waals surface area contributed by atoms with E-state index in [0.717, 1.165) is 35.4 Å². The third-order valence-corrected chi connectivity index (χ3v) is 7.59. The number of anilines is 1. The molecule has 2 atom stereocenters. The van der Waals surface area contributed by atoms with E-state index in [-0.39, 0.29) is 12.2 Å². The number of aromatic nitrogens is 4. The van der Waals surface area contributed by atoms with Crippen molar-refractivity contribution in [3.63, 3.8) is 0 Å². The molecule has 0 bridgehead atoms. The summed E-state index contributed by atoms with van der Waals surface area (Å²) in [5, 5.41) is 22.2. The maximum absolute atomic E-state index is 13.6. The summed E-state index contributed by atoms with van der Waals surface area (Å²) in [5.41, 5.74) is 0.393. The summed E-state index contributed by atoms with van der Waals surface area (Å²) in [6, 6.07) is 8.48. The van der Waals surface area contributed by atoms with Gasteiger partial charge in [0.1, 0.15) is 23.9 Å². The van der Waals surface area contributed by atoms with Gasteiger partial charge in [-0.1, -0.05) is 12.1 Å². The summed E-state index contributed by atoms with van der Waals surface area (Å²) in [6.45, 7) is 3.53. The molecule has 1 aliphatic heterocycles. The number of nitrogens with zero attached hydrogens (tertiary/aromatic N) is 8. The van der Waals surface area contributed by atoms with Crippen LogP contribution in [0.25, 0.3) is 22.2 Å². The second-order valence-corrected chi connectivity index (χ2v) is 10.6. The van der Waals surface area contributed by atoms with Gasteiger partial charge in [0, 0.05) is 42.7 Å². The summed E-state index contributed by atoms with van der Waals surface area (Å²) >= 11 is 0. The molecule has 196 valence electrons. The number of nitriles is 2. The van der Waals surface area contributed by atoms with Gasteiger partial charge in [0.2, 0.25) is 5.91 Å². The predicted molar refractivity (Wildman–Crippen MR) is 146 cm³/mol. The van der Waals surface area contributed by atoms with Gasteiger partial charge >= 0.3 is 0 Å². The van der Waals surface area contributed by atoms with Gasteiger partial charge in [-0.2, -0.15) is 15.6 Å². The normalized spacial score (nSPS) is 19.3. The molecule has 1 saturated heterocycles. The molecule has 1 aromatic carbocycles. The zero-order chi connectivity index (χ0) is 29.0. The number of halogens is 2. The van der Waals surface area contributed by atoms with Crippen molar-refractivity contribution in [2.75, 3.05) is 24.5 Å². The van der Waals surface area contributed by atoms with Crippen molar-refractivity contribution in [1.29, 1.82) is 10.5 Å². The van der Waals surface area contributed by atoms with Gasteiger partial charge in [0.05, 0.1) is 40.8 Å². The first-order valence-electron chi connectivity index (χ1n) is 12.8. The largest absolute Gasteiger partial charge is 0.352 e. The average Bonchev–Trinajstić information content (AvgIpc) is 3.67. The van der Waals surface area contributed by atoms with Gasteiger partial charge in [0.25, 0.3) is 6.43 Å². The summed E-state index contributed by atoms with van der Waals surface area (Å²) in [4.78, 5) is 25.5. The number of hydrogen-bond acceptors (Lipinski definition) is 7. The molecule has 3 aromatic rings. The highest BCUT2D eigenvalue weighted by Gasteiger charge is 2.47. The minimum atomic E-state index is -3.10. The number of alkyl halides is 2. The number of rotatable bonds is 6. The Morgan fingerprint density at radius 3 is 2.45 bits per heavy atom. The molecule has 0 N–H and O–H groups in total. The molecular weight excluding hydrogens is 511 g/mol. The third kappa shape index (κ3) is 4.59. The van der Waals surface area contributed by atoms with Crippen LogP contribution in [0.4, 0.5) is 14.6 Å². The zero-order valence-electron chi connectivity index (χ0n) is 22.1. The Balaban J connectivity index is 1.56. The van der Waals surface area contributed by atoms with Crippen molar-refractivity contribution in [2.24, 2.45) is 5.41 Å². The molecule has 40 heavy (non-hydrogen) atoms. The number of piperazine rings is 1. The fourth-order valence-electron chi connectivity index (χ4n) is 5.19. The lowest BCUT2D eigenvalue weighted by Crippen LogP contribution is -2.58. The first-order valence-corrected chi connectivity index (χ1v) is 12.8. The van der Waals surface area contributed by atoms with Gasteiger partial charge in [0.15, 0.2) is 5.41 Å². The van der Waals surface area contributed by atoms with Crippen LogP contribution in [0.5, 0.6) is 0 Å². The molecule has 1 aliphatic carbocycles. The van der Waals surface area contributed by atoms with E-state index in [1.165, 1.54) is 23.4 Å². The predicted octanol–water partition coefficient (Wildman–Crippen LogP) is 2.15. The van der Waals surface area contributed by atoms with Gasteiger partial charge in [-0.3, -0.25) is 9.48 Å². The first kappa shape index (κ1) is 27.6. The minimum Gasteiger partial charge on any atom is -0.352 e. The lowest BCUT2D eigenvalue weighted by atomic mass is 9.49. The van der Waals surface area contributed by atoms with Crippen molar-refractivity contribution >= 4 is 46.2 Å². The highest BCUT2D eigenvalue weighted by Crippen LogP contribution is 2.46. The highest BCUT2D eigenvalue weighted by atomic mass is 19.3. The molecule has 0 spiro atoms. The standard InChI is InChI=1S/C26H23B3F2N8O/c1-14-11-37(7-8-38(14)24(40)25(2,12-33)23(30)31)22-20-17(15-3-4-15)5-6-18(21(20)34-13-35-22)19-9-16(10-32)39(36-19)26(27,28)29/h5-6,9,13-15,23H,3-4,7-8,11H2,1-2H3. The van der Waals surface area contributed by atoms with Crippen molar-refractivity contribution < 1.29 is 13.6 Å². The van der Waals surface area contributed by atoms with E-state index in [2.05, 4.69) is 15.1 Å². The number of fused-ring (bicyclic) bond motifs is 1. The lowest BCUT2D eigenvalue weighted by Gasteiger charge is -2.42. The van der Waals surface area contributed by atoms with E-state index < -0.39 is 29.0 Å². The molecular formula is C26H23B3F2N8O. The van der Waals surface area contributed by atoms with Crippen LogP contribution in [0.15, 0.2) is 24.5 Å². The Morgan fingerprint density at radius 2 is 1.90 bits per heavy atom. The molecule has 5 rings (SSSR count). The molecule has 2 unspecified atom stereocenters. The van der Waals surface area contributed by atoms with E-state index in [4.69, 9.17) is 23.5 Å². The molecule has 9 nitrogen and oxygen atoms in total. The van der Waals surface area contributed by atoms with Crippen molar-refractivity contribution in [1.82, 2.24) is 24.6 Å². The highest BCUT2D eigenvalue weighted by molar-refractivity contribution is 6.56. The molecule has 2 aromatic heterocycles. The van der Waals surface area contributed by atoms with E-state index >= 15 is 0 Å². The van der Waals surface area contributed by atoms with Crippen LogP contribution in [-0.2, 0) is 10.0 Å². The maximum Gasteiger partial charge on any atom is 0.265 e. The van der Waals surface area contributed by atoms with Crippen LogP contribution in [0.1, 0.15) is 43.9 Å². The van der Waals surface area contributed by atoms with Crippen LogP contribution < -0.4 is 4.90 Å². The van der Waals surface area contributed by atoms with Gasteiger partial charge in [-0.05, 0) is 43.4 Å². The van der Waals surface area contributed by atoms with E-state index in [0.29, 0.717) is 41.6 Å². The summed E-state index contributed by atoms with van der Waals surface area (Å²) in [6.07, 6.45) is 0.370. The topological polar surface area (TPSA) is 115 Å².